The van der Waals surface area contributed by atoms with Gasteiger partial charge in [-0.25, -0.2) is 13.2 Å². The molecule has 1 atom stereocenters. The van der Waals surface area contributed by atoms with E-state index >= 15 is 0 Å². The van der Waals surface area contributed by atoms with Gasteiger partial charge in [0.1, 0.15) is 0 Å². The van der Waals surface area contributed by atoms with Crippen LogP contribution in [0.15, 0.2) is 40.2 Å². The normalized spacial score (nSPS) is 20.5. The molecular formula is C20H25N3O6S. The molecule has 1 aliphatic heterocycles. The van der Waals surface area contributed by atoms with Gasteiger partial charge in [-0.15, -0.1) is 0 Å². The monoisotopic (exact) mass is 435 g/mol. The Morgan fingerprint density at radius 1 is 1.23 bits per heavy atom. The maximum Gasteiger partial charge on any atom is 0.510 e. The van der Waals surface area contributed by atoms with Gasteiger partial charge in [0, 0.05) is 29.6 Å². The highest BCUT2D eigenvalue weighted by atomic mass is 32.2. The molecule has 1 spiro atoms. The third kappa shape index (κ3) is 3.38. The first-order valence-electron chi connectivity index (χ1n) is 10.0. The van der Waals surface area contributed by atoms with Crippen LogP contribution in [0.5, 0.6) is 0 Å². The fourth-order valence-electron chi connectivity index (χ4n) is 4.12. The Balaban J connectivity index is 1.66. The quantitative estimate of drug-likeness (QED) is 0.687. The molecule has 4 rings (SSSR count). The summed E-state index contributed by atoms with van der Waals surface area (Å²) in [6, 6.07) is 6.02. The van der Waals surface area contributed by atoms with Crippen LogP contribution >= 0.6 is 0 Å². The largest absolute Gasteiger partial charge is 0.510 e. The minimum Gasteiger partial charge on any atom is -0.434 e. The van der Waals surface area contributed by atoms with E-state index in [1.54, 1.807) is 18.2 Å². The summed E-state index contributed by atoms with van der Waals surface area (Å²) in [5.41, 5.74) is 5.24. The topological polar surface area (TPSA) is 121 Å². The zero-order valence-electron chi connectivity index (χ0n) is 16.7. The van der Waals surface area contributed by atoms with Crippen molar-refractivity contribution in [1.82, 2.24) is 8.87 Å². The summed E-state index contributed by atoms with van der Waals surface area (Å²) >= 11 is 0. The smallest absolute Gasteiger partial charge is 0.434 e. The molecule has 9 nitrogen and oxygen atoms in total. The van der Waals surface area contributed by atoms with Crippen LogP contribution < -0.4 is 11.3 Å². The van der Waals surface area contributed by atoms with Gasteiger partial charge in [-0.2, -0.15) is 4.31 Å². The van der Waals surface area contributed by atoms with Gasteiger partial charge < -0.3 is 15.2 Å². The number of ether oxygens (including phenoxy) is 2. The van der Waals surface area contributed by atoms with Crippen molar-refractivity contribution >= 4 is 27.0 Å². The van der Waals surface area contributed by atoms with Crippen LogP contribution in [0.3, 0.4) is 0 Å². The third-order valence-electron chi connectivity index (χ3n) is 5.88. The van der Waals surface area contributed by atoms with Gasteiger partial charge in [0.05, 0.1) is 17.0 Å². The Morgan fingerprint density at radius 2 is 2.00 bits per heavy atom. The van der Waals surface area contributed by atoms with Gasteiger partial charge in [-0.3, -0.25) is 9.36 Å². The Labute approximate surface area is 174 Å². The Hall–Kier alpha value is -2.43. The Kier molecular flexibility index (Phi) is 5.33. The van der Waals surface area contributed by atoms with E-state index in [1.807, 2.05) is 6.92 Å². The lowest BCUT2D eigenvalue weighted by molar-refractivity contribution is 0.0331. The molecule has 1 saturated heterocycles. The standard InChI is InChI=1S/C20H25N3O6S/c1-2-12-28-19(25)29-13-22-10-6-14-15(18(22)24)4-3-5-16(14)30(26,27)23-11-7-17(21)20(23)8-9-20/h3-6,10,17H,2,7-9,11-13,21H2,1H3. The number of pyridine rings is 1. The van der Waals surface area contributed by atoms with Crippen molar-refractivity contribution in [1.29, 1.82) is 0 Å². The predicted octanol–water partition coefficient (Wildman–Crippen LogP) is 1.78. The van der Waals surface area contributed by atoms with Crippen molar-refractivity contribution in [2.45, 2.75) is 55.8 Å². The molecule has 30 heavy (non-hydrogen) atoms. The van der Waals surface area contributed by atoms with Gasteiger partial charge in [-0.05, 0) is 43.9 Å². The summed E-state index contributed by atoms with van der Waals surface area (Å²) in [5.74, 6) is 0. The molecule has 2 fully saturated rings. The second-order valence-electron chi connectivity index (χ2n) is 7.76. The SMILES string of the molecule is CCCOC(=O)OCn1ccc2c(S(=O)(=O)N3CCC(N)C34CC4)cccc2c1=O. The number of carbonyl (C=O) groups excluding carboxylic acids is 1. The van der Waals surface area contributed by atoms with Crippen LogP contribution in [-0.2, 0) is 26.2 Å². The number of fused-ring (bicyclic) bond motifs is 1. The van der Waals surface area contributed by atoms with Gasteiger partial charge in [0.2, 0.25) is 10.0 Å². The molecule has 0 amide bonds. The molecule has 2 aromatic rings. The molecular weight excluding hydrogens is 410 g/mol. The molecule has 0 radical (unpaired) electrons. The fourth-order valence-corrected chi connectivity index (χ4v) is 6.21. The minimum atomic E-state index is -3.81. The molecule has 1 aromatic carbocycles. The third-order valence-corrected chi connectivity index (χ3v) is 7.92. The highest BCUT2D eigenvalue weighted by Crippen LogP contribution is 2.51. The maximum absolute atomic E-state index is 13.4. The van der Waals surface area contributed by atoms with Crippen LogP contribution in [0.4, 0.5) is 4.79 Å². The number of nitrogens with zero attached hydrogens (tertiary/aromatic N) is 2. The second-order valence-corrected chi connectivity index (χ2v) is 9.59. The second kappa shape index (κ2) is 7.68. The number of hydrogen-bond donors (Lipinski definition) is 1. The van der Waals surface area contributed by atoms with Gasteiger partial charge in [0.15, 0.2) is 6.73 Å². The van der Waals surface area contributed by atoms with Crippen molar-refractivity contribution in [3.8, 4) is 0 Å². The van der Waals surface area contributed by atoms with Crippen molar-refractivity contribution in [3.05, 3.63) is 40.8 Å². The summed E-state index contributed by atoms with van der Waals surface area (Å²) in [5, 5.41) is 0.570. The van der Waals surface area contributed by atoms with Crippen LogP contribution in [-0.4, -0.2) is 48.2 Å². The Bertz CT molecular complexity index is 1140. The predicted molar refractivity (Wildman–Crippen MR) is 109 cm³/mol. The minimum absolute atomic E-state index is 0.0906. The molecule has 1 aliphatic carbocycles. The average molecular weight is 436 g/mol. The number of sulfonamides is 1. The van der Waals surface area contributed by atoms with Gasteiger partial charge in [0.25, 0.3) is 5.56 Å². The first kappa shape index (κ1) is 20.8. The molecule has 2 aliphatic rings. The van der Waals surface area contributed by atoms with E-state index in [0.29, 0.717) is 24.8 Å². The van der Waals surface area contributed by atoms with Gasteiger partial charge in [-0.1, -0.05) is 13.0 Å². The van der Waals surface area contributed by atoms with Crippen molar-refractivity contribution in [3.63, 3.8) is 0 Å². The summed E-state index contributed by atoms with van der Waals surface area (Å²) in [7, 11) is -3.81. The van der Waals surface area contributed by atoms with Crippen molar-refractivity contribution in [2.75, 3.05) is 13.2 Å². The molecule has 0 bridgehead atoms. The first-order valence-corrected chi connectivity index (χ1v) is 11.5. The highest BCUT2D eigenvalue weighted by molar-refractivity contribution is 7.89. The van der Waals surface area contributed by atoms with Crippen molar-refractivity contribution < 1.29 is 22.7 Å². The molecule has 1 saturated carbocycles. The van der Waals surface area contributed by atoms with Crippen molar-refractivity contribution in [2.24, 2.45) is 5.73 Å². The van der Waals surface area contributed by atoms with Crippen LogP contribution in [0, 0.1) is 0 Å². The molecule has 162 valence electrons. The van der Waals surface area contributed by atoms with E-state index in [-0.39, 0.29) is 29.7 Å². The number of nitrogens with two attached hydrogens (primary N) is 1. The van der Waals surface area contributed by atoms with E-state index in [0.717, 1.165) is 12.8 Å². The maximum atomic E-state index is 13.4. The molecule has 1 aromatic heterocycles. The average Bonchev–Trinajstić information content (AvgIpc) is 3.45. The summed E-state index contributed by atoms with van der Waals surface area (Å²) in [4.78, 5) is 24.5. The number of aromatic nitrogens is 1. The summed E-state index contributed by atoms with van der Waals surface area (Å²) in [6.07, 6.45) is 3.36. The lowest BCUT2D eigenvalue weighted by Gasteiger charge is -2.26. The molecule has 1 unspecified atom stereocenters. The van der Waals surface area contributed by atoms with E-state index in [2.05, 4.69) is 0 Å². The molecule has 2 N–H and O–H groups in total. The number of rotatable bonds is 6. The van der Waals surface area contributed by atoms with E-state index < -0.39 is 27.3 Å². The number of benzene rings is 1. The van der Waals surface area contributed by atoms with Crippen LogP contribution in [0.1, 0.15) is 32.6 Å². The lowest BCUT2D eigenvalue weighted by Crippen LogP contribution is -2.44. The molecule has 10 heteroatoms. The fraction of sp³-hybridized carbons (Fsp3) is 0.500. The molecule has 2 heterocycles. The zero-order chi connectivity index (χ0) is 21.5. The van der Waals surface area contributed by atoms with Gasteiger partial charge >= 0.3 is 6.16 Å². The number of hydrogen-bond acceptors (Lipinski definition) is 7. The Morgan fingerprint density at radius 3 is 2.70 bits per heavy atom. The van der Waals surface area contributed by atoms with E-state index in [1.165, 1.54) is 21.1 Å². The first-order chi connectivity index (χ1) is 14.3. The lowest BCUT2D eigenvalue weighted by atomic mass is 10.1. The van der Waals surface area contributed by atoms with E-state index in [9.17, 15) is 18.0 Å². The summed E-state index contributed by atoms with van der Waals surface area (Å²) in [6.45, 7) is 2.14. The number of carbonyl (C=O) groups is 1. The summed E-state index contributed by atoms with van der Waals surface area (Å²) < 4.78 is 39.4. The van der Waals surface area contributed by atoms with Crippen LogP contribution in [0.25, 0.3) is 10.8 Å². The van der Waals surface area contributed by atoms with E-state index in [4.69, 9.17) is 15.2 Å². The van der Waals surface area contributed by atoms with Crippen LogP contribution in [0.2, 0.25) is 0 Å². The highest BCUT2D eigenvalue weighted by Gasteiger charge is 2.60. The zero-order valence-corrected chi connectivity index (χ0v) is 17.6.